The first-order chi connectivity index (χ1) is 10.4. The number of rotatable bonds is 5. The van der Waals surface area contributed by atoms with Crippen molar-refractivity contribution in [3.8, 4) is 0 Å². The molecular formula is C17H33N3O2. The van der Waals surface area contributed by atoms with Crippen LogP contribution in [0.2, 0.25) is 0 Å². The van der Waals surface area contributed by atoms with Crippen LogP contribution < -0.4 is 5.32 Å². The summed E-state index contributed by atoms with van der Waals surface area (Å²) >= 11 is 0. The van der Waals surface area contributed by atoms with Crippen molar-refractivity contribution >= 4 is 5.96 Å². The number of guanidine groups is 1. The van der Waals surface area contributed by atoms with E-state index < -0.39 is 0 Å². The van der Waals surface area contributed by atoms with Crippen molar-refractivity contribution in [3.63, 3.8) is 0 Å². The molecule has 2 aliphatic heterocycles. The Balaban J connectivity index is 1.65. The molecule has 0 aromatic rings. The highest BCUT2D eigenvalue weighted by Gasteiger charge is 2.53. The number of hydrogen-bond donors (Lipinski definition) is 1. The summed E-state index contributed by atoms with van der Waals surface area (Å²) in [5.41, 5.74) is 0.476. The van der Waals surface area contributed by atoms with Crippen molar-refractivity contribution in [1.29, 1.82) is 0 Å². The topological polar surface area (TPSA) is 46.1 Å². The average Bonchev–Trinajstić information content (AvgIpc) is 2.50. The van der Waals surface area contributed by atoms with E-state index >= 15 is 0 Å². The fourth-order valence-corrected chi connectivity index (χ4v) is 3.06. The van der Waals surface area contributed by atoms with Gasteiger partial charge in [0.05, 0.1) is 6.10 Å². The quantitative estimate of drug-likeness (QED) is 0.481. The molecule has 22 heavy (non-hydrogen) atoms. The molecule has 0 saturated carbocycles. The third-order valence-corrected chi connectivity index (χ3v) is 5.48. The maximum absolute atomic E-state index is 5.90. The van der Waals surface area contributed by atoms with Gasteiger partial charge in [-0.1, -0.05) is 13.8 Å². The Bertz CT molecular complexity index is 387. The number of ether oxygens (including phenoxy) is 2. The monoisotopic (exact) mass is 311 g/mol. The minimum Gasteiger partial charge on any atom is -0.381 e. The molecule has 2 fully saturated rings. The predicted molar refractivity (Wildman–Crippen MR) is 90.3 cm³/mol. The van der Waals surface area contributed by atoms with Crippen molar-refractivity contribution < 1.29 is 9.47 Å². The molecule has 2 rings (SSSR count). The zero-order valence-electron chi connectivity index (χ0n) is 14.9. The van der Waals surface area contributed by atoms with Crippen LogP contribution >= 0.6 is 0 Å². The van der Waals surface area contributed by atoms with Gasteiger partial charge in [-0.05, 0) is 33.1 Å². The number of nitrogens with zero attached hydrogens (tertiary/aromatic N) is 2. The SMILES string of the molecule is CN=C(NCCCOC1CCOCC1)N1CC(C)(C)C1(C)C. The van der Waals surface area contributed by atoms with E-state index in [9.17, 15) is 0 Å². The van der Waals surface area contributed by atoms with Gasteiger partial charge in [0.1, 0.15) is 0 Å². The lowest BCUT2D eigenvalue weighted by Crippen LogP contribution is -2.72. The molecule has 5 nitrogen and oxygen atoms in total. The molecule has 128 valence electrons. The van der Waals surface area contributed by atoms with Crippen LogP contribution in [0.1, 0.15) is 47.0 Å². The highest BCUT2D eigenvalue weighted by Crippen LogP contribution is 2.46. The van der Waals surface area contributed by atoms with Gasteiger partial charge < -0.3 is 19.7 Å². The molecule has 0 aromatic carbocycles. The van der Waals surface area contributed by atoms with Crippen molar-refractivity contribution in [3.05, 3.63) is 0 Å². The van der Waals surface area contributed by atoms with Gasteiger partial charge in [-0.3, -0.25) is 4.99 Å². The Kier molecular flexibility index (Phi) is 5.72. The van der Waals surface area contributed by atoms with E-state index in [1.807, 2.05) is 7.05 Å². The van der Waals surface area contributed by atoms with Gasteiger partial charge in [0, 0.05) is 50.9 Å². The van der Waals surface area contributed by atoms with Crippen LogP contribution in [0, 0.1) is 5.41 Å². The van der Waals surface area contributed by atoms with Crippen LogP contribution in [0.5, 0.6) is 0 Å². The largest absolute Gasteiger partial charge is 0.381 e. The van der Waals surface area contributed by atoms with Crippen LogP contribution in [0.15, 0.2) is 4.99 Å². The Labute approximate surface area is 135 Å². The summed E-state index contributed by atoms with van der Waals surface area (Å²) in [6.45, 7) is 13.7. The van der Waals surface area contributed by atoms with E-state index in [2.05, 4.69) is 42.9 Å². The fourth-order valence-electron chi connectivity index (χ4n) is 3.06. The maximum Gasteiger partial charge on any atom is 0.194 e. The molecule has 2 saturated heterocycles. The summed E-state index contributed by atoms with van der Waals surface area (Å²) in [5, 5.41) is 3.47. The van der Waals surface area contributed by atoms with E-state index in [0.717, 1.165) is 58.1 Å². The molecule has 1 N–H and O–H groups in total. The smallest absolute Gasteiger partial charge is 0.194 e. The minimum atomic E-state index is 0.146. The summed E-state index contributed by atoms with van der Waals surface area (Å²) in [5.74, 6) is 1.01. The molecule has 0 bridgehead atoms. The molecule has 0 aliphatic carbocycles. The molecule has 0 amide bonds. The Morgan fingerprint density at radius 2 is 1.95 bits per heavy atom. The van der Waals surface area contributed by atoms with Crippen LogP contribution in [-0.4, -0.2) is 62.5 Å². The van der Waals surface area contributed by atoms with E-state index in [0.29, 0.717) is 11.5 Å². The number of likely N-dealkylation sites (tertiary alicyclic amines) is 1. The Morgan fingerprint density at radius 1 is 1.27 bits per heavy atom. The molecule has 0 aromatic heterocycles. The van der Waals surface area contributed by atoms with Gasteiger partial charge in [-0.2, -0.15) is 0 Å². The lowest BCUT2D eigenvalue weighted by atomic mass is 9.65. The Hall–Kier alpha value is -0.810. The van der Waals surface area contributed by atoms with Crippen LogP contribution in [0.4, 0.5) is 0 Å². The summed E-state index contributed by atoms with van der Waals surface area (Å²) < 4.78 is 11.2. The molecule has 2 heterocycles. The number of nitrogens with one attached hydrogen (secondary N) is 1. The Morgan fingerprint density at radius 3 is 2.50 bits per heavy atom. The fraction of sp³-hybridized carbons (Fsp3) is 0.941. The van der Waals surface area contributed by atoms with E-state index in [-0.39, 0.29) is 5.54 Å². The van der Waals surface area contributed by atoms with Crippen molar-refractivity contribution in [2.45, 2.75) is 58.6 Å². The predicted octanol–water partition coefficient (Wildman–Crippen LogP) is 2.27. The highest BCUT2D eigenvalue weighted by atomic mass is 16.5. The van der Waals surface area contributed by atoms with Gasteiger partial charge >= 0.3 is 0 Å². The molecule has 0 unspecified atom stereocenters. The third kappa shape index (κ3) is 3.74. The number of aliphatic imine (C=N–C) groups is 1. The van der Waals surface area contributed by atoms with Gasteiger partial charge in [-0.25, -0.2) is 0 Å². The minimum absolute atomic E-state index is 0.146. The van der Waals surface area contributed by atoms with Gasteiger partial charge in [0.15, 0.2) is 5.96 Å². The van der Waals surface area contributed by atoms with Crippen molar-refractivity contribution in [2.24, 2.45) is 10.4 Å². The van der Waals surface area contributed by atoms with E-state index in [1.165, 1.54) is 0 Å². The summed E-state index contributed by atoms with van der Waals surface area (Å²) in [4.78, 5) is 6.80. The molecule has 0 radical (unpaired) electrons. The molecule has 0 spiro atoms. The zero-order chi connectivity index (χ0) is 16.2. The summed E-state index contributed by atoms with van der Waals surface area (Å²) in [6.07, 6.45) is 3.47. The van der Waals surface area contributed by atoms with E-state index in [4.69, 9.17) is 9.47 Å². The van der Waals surface area contributed by atoms with Gasteiger partial charge in [-0.15, -0.1) is 0 Å². The maximum atomic E-state index is 5.90. The molecule has 5 heteroatoms. The van der Waals surface area contributed by atoms with Gasteiger partial charge in [0.2, 0.25) is 0 Å². The highest BCUT2D eigenvalue weighted by molar-refractivity contribution is 5.81. The standard InChI is InChI=1S/C17H33N3O2/c1-16(2)13-20(17(16,3)4)15(18-5)19-9-6-10-22-14-7-11-21-12-8-14/h14H,6-13H2,1-5H3,(H,18,19). The second kappa shape index (κ2) is 7.18. The van der Waals surface area contributed by atoms with E-state index in [1.54, 1.807) is 0 Å². The first-order valence-corrected chi connectivity index (χ1v) is 8.56. The van der Waals surface area contributed by atoms with Crippen molar-refractivity contribution in [1.82, 2.24) is 10.2 Å². The average molecular weight is 311 g/mol. The van der Waals surface area contributed by atoms with Gasteiger partial charge in [0.25, 0.3) is 0 Å². The van der Waals surface area contributed by atoms with Crippen LogP contribution in [0.25, 0.3) is 0 Å². The second-order valence-electron chi connectivity index (χ2n) is 7.54. The number of hydrogen-bond acceptors (Lipinski definition) is 3. The van der Waals surface area contributed by atoms with Crippen molar-refractivity contribution in [2.75, 3.05) is 40.0 Å². The van der Waals surface area contributed by atoms with Crippen LogP contribution in [0.3, 0.4) is 0 Å². The normalized spacial score (nSPS) is 25.0. The first-order valence-electron chi connectivity index (χ1n) is 8.56. The molecular weight excluding hydrogens is 278 g/mol. The lowest BCUT2D eigenvalue weighted by Gasteiger charge is -2.62. The first kappa shape index (κ1) is 17.5. The summed E-state index contributed by atoms with van der Waals surface area (Å²) in [6, 6.07) is 0. The zero-order valence-corrected chi connectivity index (χ0v) is 14.9. The molecule has 2 aliphatic rings. The molecule has 0 atom stereocenters. The van der Waals surface area contributed by atoms with Crippen LogP contribution in [-0.2, 0) is 9.47 Å². The summed E-state index contributed by atoms with van der Waals surface area (Å²) in [7, 11) is 1.86. The second-order valence-corrected chi connectivity index (χ2v) is 7.54. The lowest BCUT2D eigenvalue weighted by molar-refractivity contribution is -0.0668. The third-order valence-electron chi connectivity index (χ3n) is 5.48.